The maximum Gasteiger partial charge on any atom is 0.253 e. The third-order valence-electron chi connectivity index (χ3n) is 3.91. The van der Waals surface area contributed by atoms with Crippen LogP contribution in [0.1, 0.15) is 16.8 Å². The van der Waals surface area contributed by atoms with Crippen molar-refractivity contribution < 1.29 is 21.6 Å². The first kappa shape index (κ1) is 17.9. The van der Waals surface area contributed by atoms with Gasteiger partial charge in [-0.25, -0.2) is 16.8 Å². The van der Waals surface area contributed by atoms with Gasteiger partial charge in [-0.15, -0.1) is 0 Å². The number of hydrogen-bond acceptors (Lipinski definition) is 5. The van der Waals surface area contributed by atoms with Gasteiger partial charge in [0.15, 0.2) is 9.84 Å². The SMILES string of the molecule is CN(C)C(=O)c1ccc(S(=O)(=O)N(C)C2CCS(=O)(=O)C2)cc1. The number of nitrogens with zero attached hydrogens (tertiary/aromatic N) is 2. The summed E-state index contributed by atoms with van der Waals surface area (Å²) in [7, 11) is -2.34. The number of carbonyl (C=O) groups is 1. The van der Waals surface area contributed by atoms with E-state index in [1.54, 1.807) is 14.1 Å². The maximum atomic E-state index is 12.6. The monoisotopic (exact) mass is 360 g/mol. The van der Waals surface area contributed by atoms with Crippen molar-refractivity contribution >= 4 is 25.8 Å². The van der Waals surface area contributed by atoms with Gasteiger partial charge in [0.05, 0.1) is 16.4 Å². The zero-order valence-electron chi connectivity index (χ0n) is 13.3. The molecule has 7 nitrogen and oxygen atoms in total. The molecular formula is C14H20N2O5S2. The topological polar surface area (TPSA) is 91.8 Å². The molecule has 0 N–H and O–H groups in total. The van der Waals surface area contributed by atoms with E-state index in [-0.39, 0.29) is 22.3 Å². The zero-order valence-corrected chi connectivity index (χ0v) is 14.9. The summed E-state index contributed by atoms with van der Waals surface area (Å²) in [5, 5.41) is 0. The number of sulfonamides is 1. The van der Waals surface area contributed by atoms with Gasteiger partial charge >= 0.3 is 0 Å². The van der Waals surface area contributed by atoms with E-state index in [4.69, 9.17) is 0 Å². The second-order valence-electron chi connectivity index (χ2n) is 5.80. The molecule has 1 aliphatic heterocycles. The highest BCUT2D eigenvalue weighted by atomic mass is 32.2. The Morgan fingerprint density at radius 2 is 1.70 bits per heavy atom. The lowest BCUT2D eigenvalue weighted by molar-refractivity contribution is 0.0827. The summed E-state index contributed by atoms with van der Waals surface area (Å²) in [6.45, 7) is 0. The largest absolute Gasteiger partial charge is 0.345 e. The van der Waals surface area contributed by atoms with E-state index >= 15 is 0 Å². The lowest BCUT2D eigenvalue weighted by Gasteiger charge is -2.23. The number of hydrogen-bond donors (Lipinski definition) is 0. The Hall–Kier alpha value is -1.45. The first-order chi connectivity index (χ1) is 10.5. The average molecular weight is 360 g/mol. The average Bonchev–Trinajstić information content (AvgIpc) is 2.85. The molecule has 1 aromatic rings. The fourth-order valence-corrected chi connectivity index (χ4v) is 5.71. The minimum atomic E-state index is -3.79. The Kier molecular flexibility index (Phi) is 4.84. The Balaban J connectivity index is 2.24. The van der Waals surface area contributed by atoms with E-state index < -0.39 is 25.9 Å². The molecule has 1 aromatic carbocycles. The van der Waals surface area contributed by atoms with Gasteiger partial charge in [-0.1, -0.05) is 0 Å². The Morgan fingerprint density at radius 3 is 2.13 bits per heavy atom. The van der Waals surface area contributed by atoms with Crippen molar-refractivity contribution in [1.82, 2.24) is 9.21 Å². The highest BCUT2D eigenvalue weighted by molar-refractivity contribution is 7.92. The maximum absolute atomic E-state index is 12.6. The van der Waals surface area contributed by atoms with Gasteiger partial charge in [-0.05, 0) is 30.7 Å². The van der Waals surface area contributed by atoms with Gasteiger partial charge in [0.25, 0.3) is 5.91 Å². The summed E-state index contributed by atoms with van der Waals surface area (Å²) >= 11 is 0. The van der Waals surface area contributed by atoms with Crippen LogP contribution in [0.25, 0.3) is 0 Å². The predicted octanol–water partition coefficient (Wildman–Crippen LogP) is 0.196. The van der Waals surface area contributed by atoms with Crippen LogP contribution in [-0.2, 0) is 19.9 Å². The lowest BCUT2D eigenvalue weighted by Crippen LogP contribution is -2.37. The quantitative estimate of drug-likeness (QED) is 0.765. The molecule has 1 aliphatic rings. The Morgan fingerprint density at radius 1 is 1.13 bits per heavy atom. The molecule has 2 rings (SSSR count). The van der Waals surface area contributed by atoms with Crippen molar-refractivity contribution in [3.05, 3.63) is 29.8 Å². The summed E-state index contributed by atoms with van der Waals surface area (Å²) in [6, 6.07) is 5.09. The third kappa shape index (κ3) is 3.73. The molecular weight excluding hydrogens is 340 g/mol. The standard InChI is InChI=1S/C14H20N2O5S2/c1-15(2)14(17)11-4-6-13(7-5-11)23(20,21)16(3)12-8-9-22(18,19)10-12/h4-7,12H,8-10H2,1-3H3. The molecule has 1 heterocycles. The van der Waals surface area contributed by atoms with Gasteiger partial charge in [0, 0.05) is 32.7 Å². The molecule has 1 unspecified atom stereocenters. The van der Waals surface area contributed by atoms with Crippen molar-refractivity contribution in [2.45, 2.75) is 17.4 Å². The normalized spacial score (nSPS) is 20.6. The molecule has 23 heavy (non-hydrogen) atoms. The minimum Gasteiger partial charge on any atom is -0.345 e. The first-order valence-corrected chi connectivity index (χ1v) is 10.3. The van der Waals surface area contributed by atoms with Crippen molar-refractivity contribution in [2.24, 2.45) is 0 Å². The van der Waals surface area contributed by atoms with Gasteiger partial charge in [0.2, 0.25) is 10.0 Å². The molecule has 0 radical (unpaired) electrons. The second kappa shape index (κ2) is 6.21. The molecule has 1 amide bonds. The summed E-state index contributed by atoms with van der Waals surface area (Å²) in [5.74, 6) is -0.363. The van der Waals surface area contributed by atoms with E-state index in [1.807, 2.05) is 0 Å². The van der Waals surface area contributed by atoms with Crippen LogP contribution in [-0.4, -0.2) is 70.6 Å². The van der Waals surface area contributed by atoms with E-state index in [1.165, 1.54) is 36.2 Å². The van der Waals surface area contributed by atoms with Crippen LogP contribution < -0.4 is 0 Å². The van der Waals surface area contributed by atoms with Crippen LogP contribution in [0.5, 0.6) is 0 Å². The summed E-state index contributed by atoms with van der Waals surface area (Å²) in [4.78, 5) is 13.3. The van der Waals surface area contributed by atoms with Crippen LogP contribution in [0.4, 0.5) is 0 Å². The van der Waals surface area contributed by atoms with Crippen molar-refractivity contribution in [2.75, 3.05) is 32.6 Å². The molecule has 0 bridgehead atoms. The molecule has 0 aromatic heterocycles. The van der Waals surface area contributed by atoms with Crippen molar-refractivity contribution in [3.8, 4) is 0 Å². The number of rotatable bonds is 4. The molecule has 0 spiro atoms. The fraction of sp³-hybridized carbons (Fsp3) is 0.500. The minimum absolute atomic E-state index is 0.00774. The summed E-state index contributed by atoms with van der Waals surface area (Å²) in [6.07, 6.45) is 0.301. The Labute approximate surface area is 136 Å². The summed E-state index contributed by atoms with van der Waals surface area (Å²) < 4.78 is 49.3. The number of amides is 1. The van der Waals surface area contributed by atoms with E-state index in [9.17, 15) is 21.6 Å². The third-order valence-corrected chi connectivity index (χ3v) is 7.58. The molecule has 1 atom stereocenters. The van der Waals surface area contributed by atoms with Gasteiger partial charge in [0.1, 0.15) is 0 Å². The highest BCUT2D eigenvalue weighted by Crippen LogP contribution is 2.23. The predicted molar refractivity (Wildman–Crippen MR) is 86.5 cm³/mol. The number of benzene rings is 1. The molecule has 1 saturated heterocycles. The first-order valence-electron chi connectivity index (χ1n) is 7.05. The molecule has 0 saturated carbocycles. The van der Waals surface area contributed by atoms with Gasteiger partial charge < -0.3 is 4.90 Å². The van der Waals surface area contributed by atoms with Crippen molar-refractivity contribution in [3.63, 3.8) is 0 Å². The Bertz CT molecular complexity index is 798. The molecule has 128 valence electrons. The van der Waals surface area contributed by atoms with Crippen LogP contribution >= 0.6 is 0 Å². The number of sulfone groups is 1. The second-order valence-corrected chi connectivity index (χ2v) is 10.0. The smallest absolute Gasteiger partial charge is 0.253 e. The number of carbonyl (C=O) groups excluding carboxylic acids is 1. The van der Waals surface area contributed by atoms with Crippen LogP contribution in [0.3, 0.4) is 0 Å². The van der Waals surface area contributed by atoms with Crippen molar-refractivity contribution in [1.29, 1.82) is 0 Å². The van der Waals surface area contributed by atoms with E-state index in [0.29, 0.717) is 12.0 Å². The fourth-order valence-electron chi connectivity index (χ4n) is 2.45. The molecule has 0 aliphatic carbocycles. The van der Waals surface area contributed by atoms with Crippen LogP contribution in [0.15, 0.2) is 29.2 Å². The zero-order chi connectivity index (χ0) is 17.4. The van der Waals surface area contributed by atoms with Gasteiger partial charge in [-0.2, -0.15) is 4.31 Å². The van der Waals surface area contributed by atoms with E-state index in [0.717, 1.165) is 4.31 Å². The van der Waals surface area contributed by atoms with E-state index in [2.05, 4.69) is 0 Å². The lowest BCUT2D eigenvalue weighted by atomic mass is 10.2. The summed E-state index contributed by atoms with van der Waals surface area (Å²) in [5.41, 5.74) is 0.389. The van der Waals surface area contributed by atoms with Crippen LogP contribution in [0, 0.1) is 0 Å². The van der Waals surface area contributed by atoms with Gasteiger partial charge in [-0.3, -0.25) is 4.79 Å². The molecule has 1 fully saturated rings. The molecule has 9 heteroatoms. The highest BCUT2D eigenvalue weighted by Gasteiger charge is 2.36. The van der Waals surface area contributed by atoms with Crippen LogP contribution in [0.2, 0.25) is 0 Å².